The number of methoxy groups -OCH3 is 4. The third kappa shape index (κ3) is 34.2. The smallest absolute Gasteiger partial charge is 0.417 e. The number of halogens is 2. The lowest BCUT2D eigenvalue weighted by molar-refractivity contribution is -0.177. The Morgan fingerprint density at radius 2 is 0.715 bits per heavy atom. The third-order valence-electron chi connectivity index (χ3n) is 24.6. The van der Waals surface area contributed by atoms with Crippen molar-refractivity contribution in [2.24, 2.45) is 22.7 Å². The number of carbonyl (C=O) groups is 12. The normalized spacial score (nSPS) is 14.5. The van der Waals surface area contributed by atoms with Crippen molar-refractivity contribution in [1.82, 2.24) is 0 Å². The summed E-state index contributed by atoms with van der Waals surface area (Å²) in [6.07, 6.45) is 22.6. The summed E-state index contributed by atoms with van der Waals surface area (Å²) in [6.45, 7) is 26.8. The summed E-state index contributed by atoms with van der Waals surface area (Å²) >= 11 is 0. The van der Waals surface area contributed by atoms with Gasteiger partial charge in [-0.1, -0.05) is 178 Å². The SMILES string of the molecule is C=C(C)C(=O)OCCCc1cc(-c2ccc(-c3ccc(C4CCC(CCCCC)CC4)cc3)cc2F)c(CC)c(CCCOC(=O)C(=C)C)c1OCC(C)(COC(=O)C(=O)OC)COC(=O)C(=O)OC.C=C(C)C(=O)OCCCc1cc(-c2ccc(-c3ccc(C4CCC(CCCCC)CC4)cc3F)c(CC)c2)ccc1OCC(COC(=O)C(=C)C)(COC(=O)C(=O)OC)COC(=O)C(=O)OC. The molecule has 0 saturated heterocycles. The summed E-state index contributed by atoms with van der Waals surface area (Å²) in [6, 6.07) is 32.6. The standard InChI is InChI=1S/C56H71FO13.C53H65FO13/c1-10-12-13-16-38-19-21-39(22-20-38)40-23-25-41(26-24-40)42-27-28-45(48(57)32-42)47-31-43(17-14-29-66-50(58)36(3)4)49(46(44(47)11-2)18-15-30-67-51(59)37(5)6)68-33-56(7,34-69-54(62)52(60)64-8)35-70-55(63)53(61)65-9;1-9-11-12-14-36-16-18-38(19-17-36)41-21-24-44(45(54)29-41)43-23-20-39(27-37(43)10-2)40-22-25-46(42(28-40)15-13-26-63-47(55)34(3)4)64-30-53(31-65-48(56)35(5)6,32-66-51(59)49(57)61-7)33-67-52(60)50(58)62-8/h23-28,31-32,38-39H,3,5,10-22,29-30,33-35H2,1-2,4,6-9H3;20-25,27-29,36,38H,3,5,9-19,26,30-33H2,1-2,4,6-8H3. The zero-order valence-electron chi connectivity index (χ0n) is 81.9. The van der Waals surface area contributed by atoms with Crippen molar-refractivity contribution in [3.8, 4) is 56.0 Å². The van der Waals surface area contributed by atoms with Crippen LogP contribution in [-0.4, -0.2) is 166 Å². The zero-order valence-corrected chi connectivity index (χ0v) is 81.9. The van der Waals surface area contributed by atoms with Crippen LogP contribution in [0.3, 0.4) is 0 Å². The molecule has 0 spiro atoms. The molecule has 137 heavy (non-hydrogen) atoms. The van der Waals surface area contributed by atoms with Crippen LogP contribution in [0.5, 0.6) is 11.5 Å². The molecule has 2 fully saturated rings. The molecule has 742 valence electrons. The van der Waals surface area contributed by atoms with Crippen LogP contribution in [0.25, 0.3) is 44.5 Å². The Morgan fingerprint density at radius 3 is 1.15 bits per heavy atom. The van der Waals surface area contributed by atoms with Gasteiger partial charge in [-0.05, 0) is 264 Å². The lowest BCUT2D eigenvalue weighted by Gasteiger charge is -2.32. The van der Waals surface area contributed by atoms with Gasteiger partial charge in [0.2, 0.25) is 0 Å². The van der Waals surface area contributed by atoms with Gasteiger partial charge < -0.3 is 66.3 Å². The second-order valence-electron chi connectivity index (χ2n) is 35.8. The summed E-state index contributed by atoms with van der Waals surface area (Å²) in [5.74, 6) is -10.6. The fourth-order valence-corrected chi connectivity index (χ4v) is 16.6. The van der Waals surface area contributed by atoms with Gasteiger partial charge in [0, 0.05) is 33.4 Å². The van der Waals surface area contributed by atoms with Gasteiger partial charge in [-0.15, -0.1) is 0 Å². The van der Waals surface area contributed by atoms with Crippen molar-refractivity contribution < 1.29 is 133 Å². The minimum atomic E-state index is -1.71. The first-order valence-electron chi connectivity index (χ1n) is 47.2. The number of carbonyl (C=O) groups excluding carboxylic acids is 12. The van der Waals surface area contributed by atoms with Crippen LogP contribution in [0.2, 0.25) is 0 Å². The molecule has 6 aromatic rings. The Hall–Kier alpha value is -12.6. The summed E-state index contributed by atoms with van der Waals surface area (Å²) in [5, 5.41) is 0. The van der Waals surface area contributed by atoms with Crippen LogP contribution in [0.4, 0.5) is 8.78 Å². The van der Waals surface area contributed by atoms with Crippen molar-refractivity contribution in [2.75, 3.05) is 94.5 Å². The van der Waals surface area contributed by atoms with Crippen LogP contribution < -0.4 is 9.47 Å². The number of aryl methyl sites for hydroxylation is 3. The highest BCUT2D eigenvalue weighted by Gasteiger charge is 2.41. The second kappa shape index (κ2) is 56.2. The van der Waals surface area contributed by atoms with Gasteiger partial charge in [0.05, 0.1) is 53.7 Å². The summed E-state index contributed by atoms with van der Waals surface area (Å²) in [4.78, 5) is 147. The van der Waals surface area contributed by atoms with Crippen LogP contribution in [0.1, 0.15) is 235 Å². The molecule has 0 aromatic heterocycles. The van der Waals surface area contributed by atoms with E-state index >= 15 is 8.78 Å². The highest BCUT2D eigenvalue weighted by Crippen LogP contribution is 2.45. The molecule has 0 heterocycles. The van der Waals surface area contributed by atoms with E-state index < -0.39 is 128 Å². The molecule has 0 bridgehead atoms. The molecule has 6 aromatic carbocycles. The Morgan fingerprint density at radius 1 is 0.336 bits per heavy atom. The number of benzene rings is 6. The predicted octanol–water partition coefficient (Wildman–Crippen LogP) is 20.0. The fraction of sp³-hybridized carbons (Fsp3) is 0.486. The van der Waals surface area contributed by atoms with E-state index in [2.05, 4.69) is 89.4 Å². The fourth-order valence-electron chi connectivity index (χ4n) is 16.6. The molecule has 8 rings (SSSR count). The quantitative estimate of drug-likeness (QED) is 0.0113. The van der Waals surface area contributed by atoms with Gasteiger partial charge >= 0.3 is 71.6 Å². The molecule has 26 nitrogen and oxygen atoms in total. The maximum atomic E-state index is 16.8. The Balaban J connectivity index is 0.000000374. The number of unbranched alkanes of at least 4 members (excludes halogenated alkanes) is 4. The largest absolute Gasteiger partial charge is 0.492 e. The first-order valence-corrected chi connectivity index (χ1v) is 47.2. The highest BCUT2D eigenvalue weighted by atomic mass is 19.1. The van der Waals surface area contributed by atoms with E-state index in [-0.39, 0.29) is 67.4 Å². The number of esters is 12. The minimum absolute atomic E-state index is 0.0228. The molecule has 2 saturated carbocycles. The van der Waals surface area contributed by atoms with Crippen molar-refractivity contribution in [3.05, 3.63) is 202 Å². The Kier molecular flexibility index (Phi) is 45.7. The molecule has 0 atom stereocenters. The molecule has 28 heteroatoms. The van der Waals surface area contributed by atoms with Gasteiger partial charge in [0.1, 0.15) is 74.8 Å². The van der Waals surface area contributed by atoms with Gasteiger partial charge in [-0.25, -0.2) is 66.3 Å². The first kappa shape index (κ1) is 111. The lowest BCUT2D eigenvalue weighted by atomic mass is 9.77. The first-order chi connectivity index (χ1) is 65.5. The van der Waals surface area contributed by atoms with Gasteiger partial charge in [-0.2, -0.15) is 0 Å². The molecule has 0 N–H and O–H groups in total. The maximum Gasteiger partial charge on any atom is 0.417 e. The molecule has 0 unspecified atom stereocenters. The van der Waals surface area contributed by atoms with E-state index in [1.165, 1.54) is 102 Å². The van der Waals surface area contributed by atoms with Crippen LogP contribution >= 0.6 is 0 Å². The Bertz CT molecular complexity index is 5150. The van der Waals surface area contributed by atoms with E-state index in [4.69, 9.17) is 47.4 Å². The molecular formula is C109H136F2O26. The van der Waals surface area contributed by atoms with Crippen LogP contribution in [0, 0.1) is 34.3 Å². The summed E-state index contributed by atoms with van der Waals surface area (Å²) < 4.78 is 106. The van der Waals surface area contributed by atoms with E-state index in [1.54, 1.807) is 52.0 Å². The Labute approximate surface area is 803 Å². The topological polar surface area (TPSA) is 334 Å². The van der Waals surface area contributed by atoms with Crippen molar-refractivity contribution in [2.45, 2.75) is 228 Å². The number of hydrogen-bond acceptors (Lipinski definition) is 26. The minimum Gasteiger partial charge on any atom is -0.492 e. The number of rotatable bonds is 48. The van der Waals surface area contributed by atoms with Crippen molar-refractivity contribution in [3.63, 3.8) is 0 Å². The van der Waals surface area contributed by atoms with Gasteiger partial charge in [0.25, 0.3) is 0 Å². The van der Waals surface area contributed by atoms with E-state index in [9.17, 15) is 57.5 Å². The second-order valence-corrected chi connectivity index (χ2v) is 35.8. The summed E-state index contributed by atoms with van der Waals surface area (Å²) in [5.41, 5.74) is 9.19. The van der Waals surface area contributed by atoms with Crippen molar-refractivity contribution in [1.29, 1.82) is 0 Å². The van der Waals surface area contributed by atoms with Crippen LogP contribution in [0.15, 0.2) is 152 Å². The van der Waals surface area contributed by atoms with E-state index in [0.717, 1.165) is 97.6 Å². The average Bonchev–Trinajstić information content (AvgIpc) is 0.764. The van der Waals surface area contributed by atoms with Crippen molar-refractivity contribution >= 4 is 71.6 Å². The zero-order chi connectivity index (χ0) is 100. The maximum absolute atomic E-state index is 16.8. The number of hydrogen-bond donors (Lipinski definition) is 0. The molecular weight excluding hydrogens is 1760 g/mol. The lowest BCUT2D eigenvalue weighted by Crippen LogP contribution is -2.45. The molecule has 2 aliphatic carbocycles. The highest BCUT2D eigenvalue weighted by molar-refractivity contribution is 6.31. The summed E-state index contributed by atoms with van der Waals surface area (Å²) in [7, 11) is 3.99. The molecule has 0 radical (unpaired) electrons. The van der Waals surface area contributed by atoms with Gasteiger partial charge in [-0.3, -0.25) is 0 Å². The van der Waals surface area contributed by atoms with Crippen LogP contribution in [-0.2, 0) is 146 Å². The number of ether oxygens (including phenoxy) is 14. The third-order valence-corrected chi connectivity index (χ3v) is 24.6. The predicted molar refractivity (Wildman–Crippen MR) is 512 cm³/mol. The average molecular weight is 1900 g/mol. The van der Waals surface area contributed by atoms with Gasteiger partial charge in [0.15, 0.2) is 0 Å². The van der Waals surface area contributed by atoms with E-state index in [1.807, 2.05) is 62.4 Å². The van der Waals surface area contributed by atoms with E-state index in [0.29, 0.717) is 95.2 Å². The molecule has 0 amide bonds. The monoisotopic (exact) mass is 1900 g/mol. The molecule has 2 aliphatic rings. The molecule has 0 aliphatic heterocycles.